The van der Waals surface area contributed by atoms with Crippen molar-refractivity contribution in [2.75, 3.05) is 19.8 Å². The van der Waals surface area contributed by atoms with E-state index in [0.717, 1.165) is 0 Å². The molecule has 28 heavy (non-hydrogen) atoms. The first kappa shape index (κ1) is 25.5. The first-order valence-corrected chi connectivity index (χ1v) is 8.71. The molecule has 0 aromatic heterocycles. The molecule has 9 heteroatoms. The highest BCUT2D eigenvalue weighted by Gasteiger charge is 2.15. The lowest BCUT2D eigenvalue weighted by atomic mass is 10.1. The first-order chi connectivity index (χ1) is 13.0. The molecular weight excluding hydrogens is 372 g/mol. The van der Waals surface area contributed by atoms with Crippen LogP contribution in [0, 0.1) is 0 Å². The third-order valence-electron chi connectivity index (χ3n) is 3.31. The molecule has 0 radical (unpaired) electrons. The molecule has 2 unspecified atom stereocenters. The molecule has 0 aliphatic heterocycles. The summed E-state index contributed by atoms with van der Waals surface area (Å²) in [5, 5.41) is 19.2. The summed E-state index contributed by atoms with van der Waals surface area (Å²) in [5.41, 5.74) is 0.391. The van der Waals surface area contributed by atoms with Crippen molar-refractivity contribution in [2.24, 2.45) is 0 Å². The van der Waals surface area contributed by atoms with Gasteiger partial charge in [0.15, 0.2) is 0 Å². The zero-order valence-electron chi connectivity index (χ0n) is 16.3. The topological polar surface area (TPSA) is 136 Å². The van der Waals surface area contributed by atoms with Gasteiger partial charge < -0.3 is 24.4 Å². The van der Waals surface area contributed by atoms with Crippen LogP contribution < -0.4 is 0 Å². The summed E-state index contributed by atoms with van der Waals surface area (Å²) in [4.78, 5) is 45.6. The van der Waals surface area contributed by atoms with Crippen LogP contribution in [0.2, 0.25) is 0 Å². The number of aliphatic hydroxyl groups excluding tert-OH is 2. The van der Waals surface area contributed by atoms with Crippen molar-refractivity contribution in [2.45, 2.75) is 51.7 Å². The Morgan fingerprint density at radius 3 is 1.71 bits per heavy atom. The van der Waals surface area contributed by atoms with E-state index >= 15 is 0 Å². The number of carbonyl (C=O) groups excluding carboxylic acids is 4. The quantitative estimate of drug-likeness (QED) is 0.244. The monoisotopic (exact) mass is 400 g/mol. The van der Waals surface area contributed by atoms with Crippen LogP contribution in [0.4, 0.5) is 0 Å². The molecule has 158 valence electrons. The van der Waals surface area contributed by atoms with Crippen molar-refractivity contribution in [3.8, 4) is 0 Å². The number of rotatable bonds is 14. The molecule has 0 aromatic rings. The summed E-state index contributed by atoms with van der Waals surface area (Å²) in [6.07, 6.45) is -2.34. The van der Waals surface area contributed by atoms with Crippen LogP contribution in [0.5, 0.6) is 0 Å². The molecule has 0 aliphatic rings. The molecule has 0 saturated heterocycles. The summed E-state index contributed by atoms with van der Waals surface area (Å²) in [5.74, 6) is -2.23. The van der Waals surface area contributed by atoms with Gasteiger partial charge >= 0.3 is 17.9 Å². The van der Waals surface area contributed by atoms with Gasteiger partial charge in [0.1, 0.15) is 31.7 Å². The molecule has 0 aromatic carbocycles. The van der Waals surface area contributed by atoms with E-state index in [1.54, 1.807) is 0 Å². The lowest BCUT2D eigenvalue weighted by Gasteiger charge is -2.12. The van der Waals surface area contributed by atoms with E-state index in [-0.39, 0.29) is 62.4 Å². The highest BCUT2D eigenvalue weighted by molar-refractivity contribution is 5.87. The van der Waals surface area contributed by atoms with Crippen molar-refractivity contribution < 1.29 is 43.6 Å². The molecule has 0 bridgehead atoms. The number of carbonyl (C=O) groups is 4. The lowest BCUT2D eigenvalue weighted by molar-refractivity contribution is -0.151. The SMILES string of the molecule is C=C(C)C(=O)OCC(O)CCC(=O)CCC(=O)OCC(O)COC(=O)C(=C)C. The Bertz CT molecular complexity index is 542. The zero-order valence-corrected chi connectivity index (χ0v) is 16.3. The molecule has 9 nitrogen and oxygen atoms in total. The van der Waals surface area contributed by atoms with Gasteiger partial charge in [-0.25, -0.2) is 9.59 Å². The predicted octanol–water partition coefficient (Wildman–Crippen LogP) is 0.619. The predicted molar refractivity (Wildman–Crippen MR) is 98.0 cm³/mol. The van der Waals surface area contributed by atoms with E-state index in [2.05, 4.69) is 13.2 Å². The van der Waals surface area contributed by atoms with Gasteiger partial charge in [-0.3, -0.25) is 9.59 Å². The van der Waals surface area contributed by atoms with Crippen LogP contribution in [0.25, 0.3) is 0 Å². The zero-order chi connectivity index (χ0) is 21.7. The molecule has 0 spiro atoms. The Balaban J connectivity index is 3.89. The highest BCUT2D eigenvalue weighted by atomic mass is 16.6. The summed E-state index contributed by atoms with van der Waals surface area (Å²) in [6.45, 7) is 8.77. The molecule has 2 atom stereocenters. The fourth-order valence-corrected chi connectivity index (χ4v) is 1.68. The molecular formula is C19H28O9. The molecule has 0 rings (SSSR count). The van der Waals surface area contributed by atoms with Crippen LogP contribution in [0.15, 0.2) is 24.3 Å². The molecule has 0 amide bonds. The van der Waals surface area contributed by atoms with Gasteiger partial charge in [-0.1, -0.05) is 13.2 Å². The normalized spacial score (nSPS) is 12.4. The fraction of sp³-hybridized carbons (Fsp3) is 0.579. The second-order valence-corrected chi connectivity index (χ2v) is 6.33. The van der Waals surface area contributed by atoms with Gasteiger partial charge in [-0.15, -0.1) is 0 Å². The van der Waals surface area contributed by atoms with Gasteiger partial charge in [-0.05, 0) is 20.3 Å². The van der Waals surface area contributed by atoms with E-state index in [0.29, 0.717) is 0 Å². The van der Waals surface area contributed by atoms with Crippen LogP contribution in [-0.2, 0) is 33.4 Å². The molecule has 0 heterocycles. The molecule has 0 aliphatic carbocycles. The molecule has 0 fully saturated rings. The number of esters is 3. The average molecular weight is 400 g/mol. The van der Waals surface area contributed by atoms with Gasteiger partial charge in [0.05, 0.1) is 12.5 Å². The Morgan fingerprint density at radius 1 is 0.750 bits per heavy atom. The summed E-state index contributed by atoms with van der Waals surface area (Å²) < 4.78 is 14.3. The van der Waals surface area contributed by atoms with Crippen LogP contribution in [-0.4, -0.2) is 65.9 Å². The van der Waals surface area contributed by atoms with Gasteiger partial charge in [0.25, 0.3) is 0 Å². The maximum absolute atomic E-state index is 11.7. The van der Waals surface area contributed by atoms with E-state index < -0.39 is 30.1 Å². The average Bonchev–Trinajstić information content (AvgIpc) is 2.64. The van der Waals surface area contributed by atoms with Crippen LogP contribution >= 0.6 is 0 Å². The third kappa shape index (κ3) is 12.8. The Labute approximate surface area is 164 Å². The second-order valence-electron chi connectivity index (χ2n) is 6.33. The number of Topliss-reactive ketones (excluding diaryl/α,β-unsaturated/α-hetero) is 1. The summed E-state index contributed by atoms with van der Waals surface area (Å²) >= 11 is 0. The third-order valence-corrected chi connectivity index (χ3v) is 3.31. The Hall–Kier alpha value is -2.52. The number of hydrogen-bond acceptors (Lipinski definition) is 9. The standard InChI is InChI=1S/C19H28O9/c1-12(2)18(24)27-9-15(21)6-5-14(20)7-8-17(23)26-10-16(22)11-28-19(25)13(3)4/h15-16,21-22H,1,3,5-11H2,2,4H3. The molecule has 0 saturated carbocycles. The smallest absolute Gasteiger partial charge is 0.333 e. The van der Waals surface area contributed by atoms with Crippen molar-refractivity contribution >= 4 is 23.7 Å². The number of ether oxygens (including phenoxy) is 3. The summed E-state index contributed by atoms with van der Waals surface area (Å²) in [7, 11) is 0. The van der Waals surface area contributed by atoms with E-state index in [1.807, 2.05) is 0 Å². The first-order valence-electron chi connectivity index (χ1n) is 8.71. The number of aliphatic hydroxyl groups is 2. The Kier molecular flexibility index (Phi) is 12.4. The van der Waals surface area contributed by atoms with Gasteiger partial charge in [0, 0.05) is 24.0 Å². The number of ketones is 1. The molecule has 2 N–H and O–H groups in total. The van der Waals surface area contributed by atoms with Crippen LogP contribution in [0.1, 0.15) is 39.5 Å². The fourth-order valence-electron chi connectivity index (χ4n) is 1.68. The van der Waals surface area contributed by atoms with Crippen LogP contribution in [0.3, 0.4) is 0 Å². The number of hydrogen-bond donors (Lipinski definition) is 2. The van der Waals surface area contributed by atoms with Crippen molar-refractivity contribution in [3.63, 3.8) is 0 Å². The van der Waals surface area contributed by atoms with E-state index in [1.165, 1.54) is 13.8 Å². The Morgan fingerprint density at radius 2 is 1.21 bits per heavy atom. The minimum atomic E-state index is -1.18. The minimum absolute atomic E-state index is 0.0124. The minimum Gasteiger partial charge on any atom is -0.463 e. The maximum Gasteiger partial charge on any atom is 0.333 e. The lowest BCUT2D eigenvalue weighted by Crippen LogP contribution is -2.25. The maximum atomic E-state index is 11.7. The van der Waals surface area contributed by atoms with E-state index in [4.69, 9.17) is 14.2 Å². The van der Waals surface area contributed by atoms with Gasteiger partial charge in [-0.2, -0.15) is 0 Å². The summed E-state index contributed by atoms with van der Waals surface area (Å²) in [6, 6.07) is 0. The van der Waals surface area contributed by atoms with Crippen molar-refractivity contribution in [1.82, 2.24) is 0 Å². The second kappa shape index (κ2) is 13.6. The largest absolute Gasteiger partial charge is 0.463 e. The highest BCUT2D eigenvalue weighted by Crippen LogP contribution is 2.05. The van der Waals surface area contributed by atoms with E-state index in [9.17, 15) is 29.4 Å². The van der Waals surface area contributed by atoms with Crippen molar-refractivity contribution in [1.29, 1.82) is 0 Å². The van der Waals surface area contributed by atoms with Gasteiger partial charge in [0.2, 0.25) is 0 Å². The van der Waals surface area contributed by atoms with Crippen molar-refractivity contribution in [3.05, 3.63) is 24.3 Å².